The van der Waals surface area contributed by atoms with E-state index in [-0.39, 0.29) is 11.8 Å². The highest BCUT2D eigenvalue weighted by atomic mass is 16.4. The third kappa shape index (κ3) is 1.36. The Balaban J connectivity index is 1.96. The summed E-state index contributed by atoms with van der Waals surface area (Å²) in [6.07, 6.45) is -1.80. The molecule has 14 heavy (non-hydrogen) atoms. The summed E-state index contributed by atoms with van der Waals surface area (Å²) in [5.41, 5.74) is 0. The van der Waals surface area contributed by atoms with Crippen LogP contribution in [0.1, 0.15) is 0 Å². The van der Waals surface area contributed by atoms with Crippen LogP contribution >= 0.6 is 0 Å². The van der Waals surface area contributed by atoms with Crippen molar-refractivity contribution in [1.82, 2.24) is 9.80 Å². The summed E-state index contributed by atoms with van der Waals surface area (Å²) in [6, 6.07) is 0. The van der Waals surface area contributed by atoms with Gasteiger partial charge in [-0.05, 0) is 0 Å². The third-order valence-corrected chi connectivity index (χ3v) is 3.03. The van der Waals surface area contributed by atoms with Gasteiger partial charge in [-0.1, -0.05) is 0 Å². The Morgan fingerprint density at radius 3 is 1.36 bits per heavy atom. The van der Waals surface area contributed by atoms with E-state index < -0.39 is 12.2 Å². The molecular formula is C8H12N2O4. The number of nitrogens with zero attached hydrogens (tertiary/aromatic N) is 2. The van der Waals surface area contributed by atoms with Crippen molar-refractivity contribution in [3.05, 3.63) is 0 Å². The summed E-state index contributed by atoms with van der Waals surface area (Å²) in [5, 5.41) is 17.5. The van der Waals surface area contributed by atoms with Gasteiger partial charge in [0, 0.05) is 38.0 Å². The molecular weight excluding hydrogens is 188 g/mol. The van der Waals surface area contributed by atoms with Crippen molar-refractivity contribution in [2.75, 3.05) is 26.2 Å². The zero-order valence-electron chi connectivity index (χ0n) is 7.59. The molecule has 0 aromatic carbocycles. The number of hydrogen-bond acceptors (Lipinski definition) is 2. The number of amides is 2. The lowest BCUT2D eigenvalue weighted by Crippen LogP contribution is -2.34. The fourth-order valence-electron chi connectivity index (χ4n) is 2.31. The van der Waals surface area contributed by atoms with Crippen molar-refractivity contribution in [3.63, 3.8) is 0 Å². The molecule has 2 rings (SSSR count). The molecule has 78 valence electrons. The van der Waals surface area contributed by atoms with E-state index in [2.05, 4.69) is 0 Å². The van der Waals surface area contributed by atoms with Gasteiger partial charge in [-0.15, -0.1) is 0 Å². The van der Waals surface area contributed by atoms with Crippen molar-refractivity contribution < 1.29 is 19.8 Å². The van der Waals surface area contributed by atoms with Crippen LogP contribution in [0.4, 0.5) is 9.59 Å². The first-order valence-corrected chi connectivity index (χ1v) is 4.53. The maximum absolute atomic E-state index is 10.6. The molecule has 2 amide bonds. The van der Waals surface area contributed by atoms with E-state index in [1.54, 1.807) is 0 Å². The molecule has 0 aromatic heterocycles. The quantitative estimate of drug-likeness (QED) is 0.585. The van der Waals surface area contributed by atoms with Crippen LogP contribution in [-0.2, 0) is 0 Å². The van der Waals surface area contributed by atoms with Crippen molar-refractivity contribution in [1.29, 1.82) is 0 Å². The Labute approximate surface area is 80.7 Å². The van der Waals surface area contributed by atoms with E-state index >= 15 is 0 Å². The van der Waals surface area contributed by atoms with Gasteiger partial charge in [0.1, 0.15) is 0 Å². The normalized spacial score (nSPS) is 30.6. The number of carboxylic acid groups (broad SMARTS) is 2. The minimum absolute atomic E-state index is 0.196. The largest absolute Gasteiger partial charge is 0.465 e. The zero-order valence-corrected chi connectivity index (χ0v) is 7.59. The Morgan fingerprint density at radius 2 is 1.14 bits per heavy atom. The molecule has 6 heteroatoms. The molecule has 2 aliphatic heterocycles. The van der Waals surface area contributed by atoms with Crippen molar-refractivity contribution in [2.45, 2.75) is 0 Å². The number of rotatable bonds is 0. The van der Waals surface area contributed by atoms with Crippen LogP contribution in [0.25, 0.3) is 0 Å². The molecule has 2 N–H and O–H groups in total. The van der Waals surface area contributed by atoms with Crippen LogP contribution in [0.5, 0.6) is 0 Å². The second-order valence-electron chi connectivity index (χ2n) is 3.90. The minimum atomic E-state index is -0.902. The second kappa shape index (κ2) is 3.04. The highest BCUT2D eigenvalue weighted by Gasteiger charge is 2.42. The lowest BCUT2D eigenvalue weighted by Gasteiger charge is -2.16. The molecule has 2 saturated heterocycles. The Kier molecular flexibility index (Phi) is 1.98. The molecule has 0 unspecified atom stereocenters. The lowest BCUT2D eigenvalue weighted by molar-refractivity contribution is 0.140. The summed E-state index contributed by atoms with van der Waals surface area (Å²) >= 11 is 0. The molecule has 0 aliphatic carbocycles. The number of carbonyl (C=O) groups is 2. The molecule has 2 fully saturated rings. The topological polar surface area (TPSA) is 81.1 Å². The van der Waals surface area contributed by atoms with Crippen LogP contribution in [0, 0.1) is 11.8 Å². The van der Waals surface area contributed by atoms with Gasteiger partial charge < -0.3 is 20.0 Å². The van der Waals surface area contributed by atoms with Crippen LogP contribution in [0.2, 0.25) is 0 Å². The zero-order chi connectivity index (χ0) is 10.3. The van der Waals surface area contributed by atoms with Gasteiger partial charge >= 0.3 is 12.2 Å². The van der Waals surface area contributed by atoms with E-state index in [1.807, 2.05) is 0 Å². The highest BCUT2D eigenvalue weighted by molar-refractivity contribution is 5.67. The fraction of sp³-hybridized carbons (Fsp3) is 0.750. The van der Waals surface area contributed by atoms with E-state index in [4.69, 9.17) is 10.2 Å². The summed E-state index contributed by atoms with van der Waals surface area (Å²) in [4.78, 5) is 24.0. The van der Waals surface area contributed by atoms with Crippen LogP contribution in [-0.4, -0.2) is 58.4 Å². The average Bonchev–Trinajstić information content (AvgIpc) is 2.57. The van der Waals surface area contributed by atoms with Crippen LogP contribution in [0.3, 0.4) is 0 Å². The van der Waals surface area contributed by atoms with Gasteiger partial charge in [0.05, 0.1) is 0 Å². The molecule has 0 aromatic rings. The number of likely N-dealkylation sites (tertiary alicyclic amines) is 2. The van der Waals surface area contributed by atoms with Gasteiger partial charge in [-0.2, -0.15) is 0 Å². The van der Waals surface area contributed by atoms with Crippen LogP contribution in [0.15, 0.2) is 0 Å². The minimum Gasteiger partial charge on any atom is -0.465 e. The summed E-state index contributed by atoms with van der Waals surface area (Å²) in [5.74, 6) is 0.393. The monoisotopic (exact) mass is 200 g/mol. The molecule has 0 radical (unpaired) electrons. The number of hydrogen-bond donors (Lipinski definition) is 2. The predicted molar refractivity (Wildman–Crippen MR) is 46.2 cm³/mol. The fourth-order valence-corrected chi connectivity index (χ4v) is 2.31. The average molecular weight is 200 g/mol. The molecule has 0 saturated carbocycles. The predicted octanol–water partition coefficient (Wildman–Crippen LogP) is 0.206. The molecule has 0 atom stereocenters. The molecule has 2 aliphatic rings. The van der Waals surface area contributed by atoms with E-state index in [1.165, 1.54) is 9.80 Å². The lowest BCUT2D eigenvalue weighted by atomic mass is 10.0. The van der Waals surface area contributed by atoms with Gasteiger partial charge in [0.15, 0.2) is 0 Å². The van der Waals surface area contributed by atoms with Gasteiger partial charge in [0.25, 0.3) is 0 Å². The Hall–Kier alpha value is -1.46. The van der Waals surface area contributed by atoms with E-state index in [0.717, 1.165) is 0 Å². The maximum Gasteiger partial charge on any atom is 0.407 e. The molecule has 6 nitrogen and oxygen atoms in total. The number of fused-ring (bicyclic) bond motifs is 1. The summed E-state index contributed by atoms with van der Waals surface area (Å²) in [6.45, 7) is 1.90. The Bertz CT molecular complexity index is 241. The first-order valence-electron chi connectivity index (χ1n) is 4.53. The SMILES string of the molecule is O=C(O)N1C[C@H]2CN(C(=O)O)C[C@H]2C1. The maximum atomic E-state index is 10.6. The highest BCUT2D eigenvalue weighted by Crippen LogP contribution is 2.30. The molecule has 0 bridgehead atoms. The first kappa shape index (κ1) is 9.11. The van der Waals surface area contributed by atoms with Gasteiger partial charge in [-0.25, -0.2) is 9.59 Å². The van der Waals surface area contributed by atoms with E-state index in [0.29, 0.717) is 26.2 Å². The third-order valence-electron chi connectivity index (χ3n) is 3.03. The van der Waals surface area contributed by atoms with Gasteiger partial charge in [0.2, 0.25) is 0 Å². The van der Waals surface area contributed by atoms with E-state index in [9.17, 15) is 9.59 Å². The Morgan fingerprint density at radius 1 is 0.857 bits per heavy atom. The standard InChI is InChI=1S/C8H12N2O4/c11-7(12)9-1-5-2-10(8(13)14)4-6(5)3-9/h5-6H,1-4H2,(H,11,12)(H,13,14)/t5-,6+. The molecule has 2 heterocycles. The van der Waals surface area contributed by atoms with Crippen molar-refractivity contribution >= 4 is 12.2 Å². The second-order valence-corrected chi connectivity index (χ2v) is 3.90. The van der Waals surface area contributed by atoms with Gasteiger partial charge in [-0.3, -0.25) is 0 Å². The first-order chi connectivity index (χ1) is 6.58. The summed E-state index contributed by atoms with van der Waals surface area (Å²) in [7, 11) is 0. The van der Waals surface area contributed by atoms with Crippen molar-refractivity contribution in [2.24, 2.45) is 11.8 Å². The smallest absolute Gasteiger partial charge is 0.407 e. The van der Waals surface area contributed by atoms with Crippen molar-refractivity contribution in [3.8, 4) is 0 Å². The molecule has 0 spiro atoms. The van der Waals surface area contributed by atoms with Crippen LogP contribution < -0.4 is 0 Å². The summed E-state index contributed by atoms with van der Waals surface area (Å²) < 4.78 is 0.